The van der Waals surface area contributed by atoms with Gasteiger partial charge in [-0.2, -0.15) is 0 Å². The topological polar surface area (TPSA) is 76.8 Å². The zero-order chi connectivity index (χ0) is 21.8. The number of nitrogens with zero attached hydrogens (tertiary/aromatic N) is 6. The molecule has 1 saturated heterocycles. The molecule has 0 radical (unpaired) electrons. The van der Waals surface area contributed by atoms with Gasteiger partial charge in [0.15, 0.2) is 10.3 Å². The van der Waals surface area contributed by atoms with Gasteiger partial charge in [0.25, 0.3) is 0 Å². The molecule has 162 valence electrons. The summed E-state index contributed by atoms with van der Waals surface area (Å²) in [4.78, 5) is 23.4. The molecule has 0 unspecified atom stereocenters. The maximum atomic E-state index is 12.5. The van der Waals surface area contributed by atoms with E-state index in [0.29, 0.717) is 26.8 Å². The van der Waals surface area contributed by atoms with Gasteiger partial charge in [0.05, 0.1) is 17.2 Å². The molecule has 10 heteroatoms. The van der Waals surface area contributed by atoms with E-state index in [1.165, 1.54) is 23.5 Å². The zero-order valence-electron chi connectivity index (χ0n) is 17.4. The van der Waals surface area contributed by atoms with E-state index in [-0.39, 0.29) is 5.91 Å². The van der Waals surface area contributed by atoms with Crippen LogP contribution in [0.5, 0.6) is 0 Å². The van der Waals surface area contributed by atoms with Crippen molar-refractivity contribution < 1.29 is 4.79 Å². The number of aryl methyl sites for hydroxylation is 2. The lowest BCUT2D eigenvalue weighted by atomic mass is 10.3. The highest BCUT2D eigenvalue weighted by Crippen LogP contribution is 2.28. The van der Waals surface area contributed by atoms with Gasteiger partial charge in [0, 0.05) is 29.5 Å². The van der Waals surface area contributed by atoms with Crippen molar-refractivity contribution in [2.75, 3.05) is 18.8 Å². The highest BCUT2D eigenvalue weighted by molar-refractivity contribution is 7.99. The van der Waals surface area contributed by atoms with Crippen molar-refractivity contribution >= 4 is 41.0 Å². The van der Waals surface area contributed by atoms with Crippen molar-refractivity contribution in [3.05, 3.63) is 52.6 Å². The fourth-order valence-corrected chi connectivity index (χ4v) is 5.35. The first-order chi connectivity index (χ1) is 15.0. The van der Waals surface area contributed by atoms with Crippen molar-refractivity contribution in [2.45, 2.75) is 42.8 Å². The van der Waals surface area contributed by atoms with Crippen LogP contribution in [0.1, 0.15) is 30.1 Å². The third-order valence-corrected chi connectivity index (χ3v) is 6.83. The number of hydrogen-bond acceptors (Lipinski definition) is 7. The maximum Gasteiger partial charge on any atom is 0.233 e. The molecular formula is C21H23ClN6OS2. The van der Waals surface area contributed by atoms with Gasteiger partial charge in [-0.15, -0.1) is 10.2 Å². The molecule has 31 heavy (non-hydrogen) atoms. The van der Waals surface area contributed by atoms with Gasteiger partial charge in [0.2, 0.25) is 5.91 Å². The van der Waals surface area contributed by atoms with E-state index in [1.54, 1.807) is 0 Å². The quantitative estimate of drug-likeness (QED) is 0.372. The number of aromatic nitrogens is 5. The Labute approximate surface area is 195 Å². The minimum absolute atomic E-state index is 0.141. The number of carbonyl (C=O) groups excluding carboxylic acids is 1. The smallest absolute Gasteiger partial charge is 0.233 e. The molecule has 2 aromatic heterocycles. The van der Waals surface area contributed by atoms with Crippen molar-refractivity contribution in [1.29, 1.82) is 0 Å². The van der Waals surface area contributed by atoms with Crippen molar-refractivity contribution in [2.24, 2.45) is 0 Å². The number of thioether (sulfide) groups is 2. The Balaban J connectivity index is 1.56. The summed E-state index contributed by atoms with van der Waals surface area (Å²) < 4.78 is 1.96. The Kier molecular flexibility index (Phi) is 7.14. The highest BCUT2D eigenvalue weighted by Gasteiger charge is 2.21. The summed E-state index contributed by atoms with van der Waals surface area (Å²) in [5.74, 6) is 1.78. The Bertz CT molecular complexity index is 1060. The van der Waals surface area contributed by atoms with Gasteiger partial charge >= 0.3 is 0 Å². The average molecular weight is 475 g/mol. The maximum absolute atomic E-state index is 12.5. The summed E-state index contributed by atoms with van der Waals surface area (Å²) in [5.41, 5.74) is 2.73. The number of likely N-dealkylation sites (tertiary alicyclic amines) is 1. The standard InChI is InChI=1S/C21H23ClN6OS2/c1-14-10-15(2)24-20(23-14)30-12-18-25-26-21(28(18)17-7-5-6-16(22)11-17)31-13-19(29)27-8-3-4-9-27/h5-7,10-11H,3-4,8-9,12-13H2,1-2H3. The van der Waals surface area contributed by atoms with Gasteiger partial charge < -0.3 is 4.90 Å². The number of rotatable bonds is 7. The monoisotopic (exact) mass is 474 g/mol. The Morgan fingerprint density at radius 1 is 1.06 bits per heavy atom. The number of benzene rings is 1. The predicted molar refractivity (Wildman–Crippen MR) is 124 cm³/mol. The van der Waals surface area contributed by atoms with Crippen molar-refractivity contribution in [3.8, 4) is 5.69 Å². The molecule has 1 aromatic carbocycles. The fourth-order valence-electron chi connectivity index (χ4n) is 3.43. The van der Waals surface area contributed by atoms with E-state index in [0.717, 1.165) is 48.8 Å². The summed E-state index contributed by atoms with van der Waals surface area (Å²) in [6.07, 6.45) is 2.16. The minimum atomic E-state index is 0.141. The van der Waals surface area contributed by atoms with Gasteiger partial charge in [-0.1, -0.05) is 41.2 Å². The molecular weight excluding hydrogens is 452 g/mol. The lowest BCUT2D eigenvalue weighted by Crippen LogP contribution is -2.29. The molecule has 1 amide bonds. The number of carbonyl (C=O) groups is 1. The van der Waals surface area contributed by atoms with Crippen LogP contribution in [-0.4, -0.2) is 54.4 Å². The number of halogens is 1. The van der Waals surface area contributed by atoms with Crippen LogP contribution in [0, 0.1) is 13.8 Å². The Morgan fingerprint density at radius 3 is 2.52 bits per heavy atom. The molecule has 0 saturated carbocycles. The van der Waals surface area contributed by atoms with Crippen LogP contribution in [0.15, 0.2) is 40.6 Å². The largest absolute Gasteiger partial charge is 0.342 e. The SMILES string of the molecule is Cc1cc(C)nc(SCc2nnc(SCC(=O)N3CCCC3)n2-c2cccc(Cl)c2)n1. The molecule has 0 spiro atoms. The van der Waals surface area contributed by atoms with Gasteiger partial charge in [-0.3, -0.25) is 9.36 Å². The lowest BCUT2D eigenvalue weighted by molar-refractivity contribution is -0.127. The van der Waals surface area contributed by atoms with Crippen LogP contribution in [0.3, 0.4) is 0 Å². The molecule has 7 nitrogen and oxygen atoms in total. The van der Waals surface area contributed by atoms with Crippen LogP contribution in [0.25, 0.3) is 5.69 Å². The fraction of sp³-hybridized carbons (Fsp3) is 0.381. The van der Waals surface area contributed by atoms with Gasteiger partial charge in [-0.05, 0) is 51.0 Å². The van der Waals surface area contributed by atoms with Crippen LogP contribution in [-0.2, 0) is 10.5 Å². The first-order valence-corrected chi connectivity index (χ1v) is 12.4. The zero-order valence-corrected chi connectivity index (χ0v) is 19.8. The van der Waals surface area contributed by atoms with Gasteiger partial charge in [0.1, 0.15) is 5.82 Å². The predicted octanol–water partition coefficient (Wildman–Crippen LogP) is 4.33. The summed E-state index contributed by atoms with van der Waals surface area (Å²) in [5, 5.41) is 10.8. The number of hydrogen-bond donors (Lipinski definition) is 0. The number of amides is 1. The summed E-state index contributed by atoms with van der Waals surface area (Å²) >= 11 is 9.16. The minimum Gasteiger partial charge on any atom is -0.342 e. The Hall–Kier alpha value is -2.10. The van der Waals surface area contributed by atoms with E-state index in [2.05, 4.69) is 20.2 Å². The highest BCUT2D eigenvalue weighted by atomic mass is 35.5. The van der Waals surface area contributed by atoms with Crippen LogP contribution < -0.4 is 0 Å². The molecule has 4 rings (SSSR count). The van der Waals surface area contributed by atoms with E-state index in [9.17, 15) is 4.79 Å². The molecule has 0 atom stereocenters. The second-order valence-corrected chi connectivity index (χ2v) is 9.63. The van der Waals surface area contributed by atoms with Crippen LogP contribution >= 0.6 is 35.1 Å². The third kappa shape index (κ3) is 5.58. The molecule has 1 aliphatic rings. The summed E-state index contributed by atoms with van der Waals surface area (Å²) in [7, 11) is 0. The second kappa shape index (κ2) is 10.0. The van der Waals surface area contributed by atoms with E-state index >= 15 is 0 Å². The van der Waals surface area contributed by atoms with E-state index in [1.807, 2.05) is 53.6 Å². The van der Waals surface area contributed by atoms with Crippen LogP contribution in [0.4, 0.5) is 0 Å². The van der Waals surface area contributed by atoms with Crippen LogP contribution in [0.2, 0.25) is 5.02 Å². The average Bonchev–Trinajstić information content (AvgIpc) is 3.40. The summed E-state index contributed by atoms with van der Waals surface area (Å²) in [6.45, 7) is 5.61. The molecule has 3 aromatic rings. The molecule has 3 heterocycles. The van der Waals surface area contributed by atoms with Crippen molar-refractivity contribution in [1.82, 2.24) is 29.6 Å². The van der Waals surface area contributed by atoms with Gasteiger partial charge in [-0.25, -0.2) is 9.97 Å². The molecule has 0 aliphatic carbocycles. The van der Waals surface area contributed by atoms with E-state index in [4.69, 9.17) is 11.6 Å². The van der Waals surface area contributed by atoms with E-state index < -0.39 is 0 Å². The van der Waals surface area contributed by atoms with Crippen molar-refractivity contribution in [3.63, 3.8) is 0 Å². The molecule has 0 N–H and O–H groups in total. The molecule has 0 bridgehead atoms. The summed E-state index contributed by atoms with van der Waals surface area (Å²) in [6, 6.07) is 9.51. The molecule has 1 aliphatic heterocycles. The Morgan fingerprint density at radius 2 is 1.81 bits per heavy atom. The molecule has 1 fully saturated rings. The normalized spacial score (nSPS) is 13.7. The third-order valence-electron chi connectivity index (χ3n) is 4.84. The second-order valence-electron chi connectivity index (χ2n) is 7.31. The lowest BCUT2D eigenvalue weighted by Gasteiger charge is -2.15. The first-order valence-electron chi connectivity index (χ1n) is 10.1. The first kappa shape index (κ1) is 22.1.